The number of hydrogen-bond donors (Lipinski definition) is 0. The van der Waals surface area contributed by atoms with Crippen molar-refractivity contribution in [2.75, 3.05) is 4.90 Å². The summed E-state index contributed by atoms with van der Waals surface area (Å²) in [5.41, 5.74) is 9.82. The third-order valence-corrected chi connectivity index (χ3v) is 11.0. The van der Waals surface area contributed by atoms with Crippen molar-refractivity contribution in [3.05, 3.63) is 200 Å². The molecule has 0 bridgehead atoms. The summed E-state index contributed by atoms with van der Waals surface area (Å²) in [6, 6.07) is 72.5. The Labute approximate surface area is 312 Å². The number of anilines is 3. The van der Waals surface area contributed by atoms with Crippen molar-refractivity contribution < 1.29 is 4.42 Å². The average molecular weight is 688 g/mol. The molecule has 2 heteroatoms. The van der Waals surface area contributed by atoms with Crippen LogP contribution in [0.3, 0.4) is 0 Å². The van der Waals surface area contributed by atoms with Gasteiger partial charge in [0.15, 0.2) is 0 Å². The standard InChI is InChI=1S/C52H33NO/c1-2-11-36-30-38(21-20-34(36)10-1)37-12-9-13-41(31-37)53(42-27-28-47-45-16-4-3-14-43(45)44-15-5-6-17-46(44)49(47)33-42)40-25-22-35(23-26-40)39-24-29-52-50(32-39)48-18-7-8-19-51(48)54-52/h1-33H. The molecule has 0 amide bonds. The van der Waals surface area contributed by atoms with Crippen LogP contribution in [0, 0.1) is 0 Å². The molecule has 0 aliphatic heterocycles. The van der Waals surface area contributed by atoms with Crippen LogP contribution in [0.5, 0.6) is 0 Å². The number of fused-ring (bicyclic) bond motifs is 10. The predicted molar refractivity (Wildman–Crippen MR) is 229 cm³/mol. The van der Waals surface area contributed by atoms with Crippen LogP contribution in [0.25, 0.3) is 87.3 Å². The molecule has 2 nitrogen and oxygen atoms in total. The van der Waals surface area contributed by atoms with Gasteiger partial charge in [-0.25, -0.2) is 0 Å². The second-order valence-electron chi connectivity index (χ2n) is 14.1. The highest BCUT2D eigenvalue weighted by molar-refractivity contribution is 6.25. The lowest BCUT2D eigenvalue weighted by molar-refractivity contribution is 0.669. The minimum absolute atomic E-state index is 0.908. The van der Waals surface area contributed by atoms with Gasteiger partial charge in [0.1, 0.15) is 11.2 Å². The first kappa shape index (κ1) is 30.5. The lowest BCUT2D eigenvalue weighted by atomic mass is 9.94. The van der Waals surface area contributed by atoms with E-state index in [0.717, 1.165) is 50.1 Å². The maximum absolute atomic E-state index is 6.13. The fraction of sp³-hybridized carbons (Fsp3) is 0. The van der Waals surface area contributed by atoms with Gasteiger partial charge >= 0.3 is 0 Å². The average Bonchev–Trinajstić information content (AvgIpc) is 3.62. The monoisotopic (exact) mass is 687 g/mol. The Balaban J connectivity index is 1.08. The van der Waals surface area contributed by atoms with Crippen molar-refractivity contribution in [3.8, 4) is 22.3 Å². The van der Waals surface area contributed by atoms with Gasteiger partial charge in [-0.3, -0.25) is 0 Å². The van der Waals surface area contributed by atoms with Crippen molar-refractivity contribution >= 4 is 82.1 Å². The van der Waals surface area contributed by atoms with E-state index < -0.39 is 0 Å². The van der Waals surface area contributed by atoms with E-state index in [0.29, 0.717) is 0 Å². The van der Waals surface area contributed by atoms with Crippen LogP contribution in [0.1, 0.15) is 0 Å². The van der Waals surface area contributed by atoms with Crippen LogP contribution < -0.4 is 4.90 Å². The molecule has 1 aromatic heterocycles. The largest absolute Gasteiger partial charge is 0.456 e. The molecule has 0 radical (unpaired) electrons. The zero-order chi connectivity index (χ0) is 35.6. The third-order valence-electron chi connectivity index (χ3n) is 11.0. The maximum Gasteiger partial charge on any atom is 0.135 e. The highest BCUT2D eigenvalue weighted by atomic mass is 16.3. The number of nitrogens with zero attached hydrogens (tertiary/aromatic N) is 1. The number of furan rings is 1. The van der Waals surface area contributed by atoms with Crippen LogP contribution >= 0.6 is 0 Å². The lowest BCUT2D eigenvalue weighted by Crippen LogP contribution is -2.10. The number of rotatable bonds is 5. The molecule has 0 aliphatic rings. The fourth-order valence-corrected chi connectivity index (χ4v) is 8.38. The van der Waals surface area contributed by atoms with E-state index >= 15 is 0 Å². The first-order valence-electron chi connectivity index (χ1n) is 18.5. The molecule has 0 saturated heterocycles. The molecule has 0 N–H and O–H groups in total. The SMILES string of the molecule is c1cc(-c2ccc3ccccc3c2)cc(N(c2ccc(-c3ccc4oc5ccccc5c4c3)cc2)c2ccc3c4ccccc4c4ccccc4c3c2)c1. The highest BCUT2D eigenvalue weighted by Gasteiger charge is 2.17. The summed E-state index contributed by atoms with van der Waals surface area (Å²) in [4.78, 5) is 2.39. The Kier molecular flexibility index (Phi) is 6.90. The van der Waals surface area contributed by atoms with Crippen molar-refractivity contribution in [2.24, 2.45) is 0 Å². The second-order valence-corrected chi connectivity index (χ2v) is 14.1. The Morgan fingerprint density at radius 3 is 1.57 bits per heavy atom. The van der Waals surface area contributed by atoms with Crippen LogP contribution in [0.2, 0.25) is 0 Å². The van der Waals surface area contributed by atoms with Crippen molar-refractivity contribution in [1.29, 1.82) is 0 Å². The molecular formula is C52H33NO. The van der Waals surface area contributed by atoms with E-state index in [1.807, 2.05) is 12.1 Å². The molecule has 1 heterocycles. The van der Waals surface area contributed by atoms with E-state index in [-0.39, 0.29) is 0 Å². The van der Waals surface area contributed by atoms with Crippen molar-refractivity contribution in [1.82, 2.24) is 0 Å². The summed E-state index contributed by atoms with van der Waals surface area (Å²) in [5.74, 6) is 0. The van der Waals surface area contributed by atoms with Gasteiger partial charge in [0.05, 0.1) is 0 Å². The Morgan fingerprint density at radius 1 is 0.259 bits per heavy atom. The molecule has 0 unspecified atom stereocenters. The maximum atomic E-state index is 6.13. The summed E-state index contributed by atoms with van der Waals surface area (Å²) < 4.78 is 6.13. The molecule has 54 heavy (non-hydrogen) atoms. The minimum Gasteiger partial charge on any atom is -0.456 e. The van der Waals surface area contributed by atoms with Gasteiger partial charge < -0.3 is 9.32 Å². The molecule has 10 aromatic carbocycles. The number of hydrogen-bond acceptors (Lipinski definition) is 2. The smallest absolute Gasteiger partial charge is 0.135 e. The Bertz CT molecular complexity index is 3190. The van der Waals surface area contributed by atoms with Gasteiger partial charge in [-0.05, 0) is 126 Å². The van der Waals surface area contributed by atoms with Gasteiger partial charge in [-0.15, -0.1) is 0 Å². The Morgan fingerprint density at radius 2 is 0.796 bits per heavy atom. The summed E-state index contributed by atoms with van der Waals surface area (Å²) in [6.07, 6.45) is 0. The van der Waals surface area contributed by atoms with Crippen LogP contribution in [-0.4, -0.2) is 0 Å². The van der Waals surface area contributed by atoms with Crippen LogP contribution in [-0.2, 0) is 0 Å². The zero-order valence-electron chi connectivity index (χ0n) is 29.4. The van der Waals surface area contributed by atoms with Gasteiger partial charge in [0.25, 0.3) is 0 Å². The molecule has 0 aliphatic carbocycles. The third kappa shape index (κ3) is 4.96. The fourth-order valence-electron chi connectivity index (χ4n) is 8.38. The van der Waals surface area contributed by atoms with E-state index in [1.165, 1.54) is 54.2 Å². The van der Waals surface area contributed by atoms with Crippen LogP contribution in [0.4, 0.5) is 17.1 Å². The van der Waals surface area contributed by atoms with Crippen molar-refractivity contribution in [2.45, 2.75) is 0 Å². The molecule has 0 saturated carbocycles. The van der Waals surface area contributed by atoms with E-state index in [2.05, 4.69) is 193 Å². The van der Waals surface area contributed by atoms with E-state index in [9.17, 15) is 0 Å². The van der Waals surface area contributed by atoms with Crippen LogP contribution in [0.15, 0.2) is 205 Å². The predicted octanol–water partition coefficient (Wildman–Crippen LogP) is 15.0. The normalized spacial score (nSPS) is 11.7. The second kappa shape index (κ2) is 12.2. The lowest BCUT2D eigenvalue weighted by Gasteiger charge is -2.27. The first-order chi connectivity index (χ1) is 26.7. The van der Waals surface area contributed by atoms with E-state index in [4.69, 9.17) is 4.42 Å². The van der Waals surface area contributed by atoms with Gasteiger partial charge in [-0.1, -0.05) is 140 Å². The van der Waals surface area contributed by atoms with Crippen molar-refractivity contribution in [3.63, 3.8) is 0 Å². The first-order valence-corrected chi connectivity index (χ1v) is 18.5. The molecular weight excluding hydrogens is 655 g/mol. The molecule has 0 atom stereocenters. The summed E-state index contributed by atoms with van der Waals surface area (Å²) in [7, 11) is 0. The van der Waals surface area contributed by atoms with E-state index in [1.54, 1.807) is 0 Å². The minimum atomic E-state index is 0.908. The molecule has 0 fully saturated rings. The molecule has 0 spiro atoms. The number of benzene rings is 10. The quantitative estimate of drug-likeness (QED) is 0.168. The highest BCUT2D eigenvalue weighted by Crippen LogP contribution is 2.42. The molecule has 11 aromatic rings. The summed E-state index contributed by atoms with van der Waals surface area (Å²) in [6.45, 7) is 0. The van der Waals surface area contributed by atoms with Gasteiger partial charge in [0, 0.05) is 27.8 Å². The topological polar surface area (TPSA) is 16.4 Å². The number of para-hydroxylation sites is 1. The summed E-state index contributed by atoms with van der Waals surface area (Å²) in [5, 5.41) is 12.4. The zero-order valence-corrected chi connectivity index (χ0v) is 29.4. The summed E-state index contributed by atoms with van der Waals surface area (Å²) >= 11 is 0. The molecule has 11 rings (SSSR count). The van der Waals surface area contributed by atoms with Gasteiger partial charge in [0.2, 0.25) is 0 Å². The van der Waals surface area contributed by atoms with Gasteiger partial charge in [-0.2, -0.15) is 0 Å². The Hall–Kier alpha value is -7.16. The molecule has 252 valence electrons.